The van der Waals surface area contributed by atoms with Crippen molar-refractivity contribution in [2.24, 2.45) is 5.73 Å². The lowest BCUT2D eigenvalue weighted by atomic mass is 10.2. The molecule has 1 aromatic carbocycles. The Morgan fingerprint density at radius 1 is 1.19 bits per heavy atom. The molecule has 0 atom stereocenters. The van der Waals surface area contributed by atoms with E-state index in [-0.39, 0.29) is 5.57 Å². The summed E-state index contributed by atoms with van der Waals surface area (Å²) in [7, 11) is 0. The van der Waals surface area contributed by atoms with Gasteiger partial charge in [-0.25, -0.2) is 0 Å². The third-order valence-electron chi connectivity index (χ3n) is 4.32. The lowest BCUT2D eigenvalue weighted by Gasteiger charge is -2.38. The van der Waals surface area contributed by atoms with E-state index >= 15 is 0 Å². The van der Waals surface area contributed by atoms with Gasteiger partial charge < -0.3 is 16.0 Å². The Labute approximate surface area is 167 Å². The Morgan fingerprint density at radius 2 is 1.74 bits per heavy atom. The molecule has 1 saturated heterocycles. The largest absolute Gasteiger partial charge is 0.369 e. The predicted molar refractivity (Wildman–Crippen MR) is 116 cm³/mol. The average molecular weight is 390 g/mol. The minimum Gasteiger partial charge on any atom is -0.369 e. The summed E-state index contributed by atoms with van der Waals surface area (Å²) in [6.45, 7) is 12.6. The van der Waals surface area contributed by atoms with Crippen LogP contribution < -0.4 is 16.0 Å². The smallest absolute Gasteiger partial charge is 0.262 e. The lowest BCUT2D eigenvalue weighted by molar-refractivity contribution is -0.114. The van der Waals surface area contributed by atoms with Crippen LogP contribution in [-0.4, -0.2) is 49.3 Å². The Hall–Kier alpha value is -2.17. The molecule has 1 aliphatic heterocycles. The molecule has 3 N–H and O–H groups in total. The number of primary amides is 1. The van der Waals surface area contributed by atoms with Crippen LogP contribution >= 0.6 is 11.8 Å². The molecular formula is C20H31N5OS. The maximum Gasteiger partial charge on any atom is 0.262 e. The molecule has 27 heavy (non-hydrogen) atoms. The SMILES string of the molecule is CC.CS/C(Nc1ccc(N2CCN(C(C)C)CC2)cc1)=C(/C#N)C(N)=O. The van der Waals surface area contributed by atoms with Gasteiger partial charge in [-0.3, -0.25) is 9.69 Å². The number of hydrogen-bond donors (Lipinski definition) is 2. The maximum absolute atomic E-state index is 11.3. The molecule has 0 aromatic heterocycles. The molecule has 148 valence electrons. The quantitative estimate of drug-likeness (QED) is 0.574. The van der Waals surface area contributed by atoms with Gasteiger partial charge in [0.15, 0.2) is 0 Å². The van der Waals surface area contributed by atoms with Crippen molar-refractivity contribution >= 4 is 29.0 Å². The first-order valence-electron chi connectivity index (χ1n) is 9.30. The summed E-state index contributed by atoms with van der Waals surface area (Å²) in [5, 5.41) is 12.6. The number of benzene rings is 1. The van der Waals surface area contributed by atoms with Crippen LogP contribution in [0.5, 0.6) is 0 Å². The van der Waals surface area contributed by atoms with Gasteiger partial charge in [-0.05, 0) is 44.4 Å². The second-order valence-electron chi connectivity index (χ2n) is 6.17. The van der Waals surface area contributed by atoms with E-state index in [4.69, 9.17) is 11.0 Å². The normalized spacial score (nSPS) is 15.4. The highest BCUT2D eigenvalue weighted by molar-refractivity contribution is 8.02. The van der Waals surface area contributed by atoms with Gasteiger partial charge in [-0.2, -0.15) is 5.26 Å². The topological polar surface area (TPSA) is 85.4 Å². The summed E-state index contributed by atoms with van der Waals surface area (Å²) >= 11 is 1.29. The molecular weight excluding hydrogens is 358 g/mol. The second-order valence-corrected chi connectivity index (χ2v) is 6.99. The minimum absolute atomic E-state index is 0.0543. The molecule has 1 aliphatic rings. The van der Waals surface area contributed by atoms with Crippen molar-refractivity contribution in [1.29, 1.82) is 5.26 Å². The van der Waals surface area contributed by atoms with Crippen LogP contribution in [0.1, 0.15) is 27.7 Å². The van der Waals surface area contributed by atoms with E-state index in [1.54, 1.807) is 6.26 Å². The Morgan fingerprint density at radius 3 is 2.15 bits per heavy atom. The third-order valence-corrected chi connectivity index (χ3v) is 5.04. The molecule has 7 heteroatoms. The number of hydrogen-bond acceptors (Lipinski definition) is 6. The number of piperazine rings is 1. The van der Waals surface area contributed by atoms with Crippen LogP contribution in [0.25, 0.3) is 0 Å². The molecule has 0 spiro atoms. The highest BCUT2D eigenvalue weighted by Crippen LogP contribution is 2.24. The molecule has 1 aromatic rings. The van der Waals surface area contributed by atoms with Crippen molar-refractivity contribution in [1.82, 2.24) is 4.90 Å². The van der Waals surface area contributed by atoms with Gasteiger partial charge in [0.1, 0.15) is 11.6 Å². The number of nitrogens with two attached hydrogens (primary N) is 1. The fourth-order valence-corrected chi connectivity index (χ4v) is 3.39. The molecule has 0 radical (unpaired) electrons. The number of amides is 1. The zero-order valence-corrected chi connectivity index (χ0v) is 17.8. The number of nitrogens with zero attached hydrogens (tertiary/aromatic N) is 3. The monoisotopic (exact) mass is 389 g/mol. The number of anilines is 2. The van der Waals surface area contributed by atoms with E-state index in [1.807, 2.05) is 32.0 Å². The van der Waals surface area contributed by atoms with Crippen LogP contribution in [0, 0.1) is 11.3 Å². The molecule has 0 unspecified atom stereocenters. The number of thioether (sulfide) groups is 1. The van der Waals surface area contributed by atoms with Crippen molar-refractivity contribution in [2.45, 2.75) is 33.7 Å². The van der Waals surface area contributed by atoms with Crippen LogP contribution in [0.2, 0.25) is 0 Å². The number of carbonyl (C=O) groups excluding carboxylic acids is 1. The van der Waals surface area contributed by atoms with E-state index in [9.17, 15) is 4.79 Å². The van der Waals surface area contributed by atoms with Crippen molar-refractivity contribution in [2.75, 3.05) is 42.7 Å². The zero-order chi connectivity index (χ0) is 20.4. The summed E-state index contributed by atoms with van der Waals surface area (Å²) in [6.07, 6.45) is 1.80. The van der Waals surface area contributed by atoms with Crippen molar-refractivity contribution in [3.63, 3.8) is 0 Å². The van der Waals surface area contributed by atoms with Gasteiger partial charge >= 0.3 is 0 Å². The minimum atomic E-state index is -0.723. The standard InChI is InChI=1S/C18H25N5OS.C2H6/c1-13(2)22-8-10-23(11-9-22)15-6-4-14(5-7-15)21-18(25-3)16(12-19)17(20)24;1-2/h4-7,13,21H,8-11H2,1-3H3,(H2,20,24);1-2H3/b18-16-;. The molecule has 0 saturated carbocycles. The van der Waals surface area contributed by atoms with Crippen molar-refractivity contribution in [3.8, 4) is 6.07 Å². The predicted octanol–water partition coefficient (Wildman–Crippen LogP) is 3.24. The number of rotatable bonds is 6. The summed E-state index contributed by atoms with van der Waals surface area (Å²) < 4.78 is 0. The van der Waals surface area contributed by atoms with Crippen molar-refractivity contribution < 1.29 is 4.79 Å². The Bertz CT molecular complexity index is 671. The Kier molecular flexibility index (Phi) is 9.76. The molecule has 6 nitrogen and oxygen atoms in total. The first-order valence-corrected chi connectivity index (χ1v) is 10.5. The average Bonchev–Trinajstić information content (AvgIpc) is 2.69. The zero-order valence-electron chi connectivity index (χ0n) is 17.0. The van der Waals surface area contributed by atoms with Gasteiger partial charge in [-0.1, -0.05) is 13.8 Å². The molecule has 0 bridgehead atoms. The molecule has 2 rings (SSSR count). The maximum atomic E-state index is 11.3. The number of nitriles is 1. The first kappa shape index (κ1) is 22.9. The van der Waals surface area contributed by atoms with Crippen LogP contribution in [-0.2, 0) is 4.79 Å². The number of nitrogens with one attached hydrogen (secondary N) is 1. The number of carbonyl (C=O) groups is 1. The van der Waals surface area contributed by atoms with E-state index in [2.05, 4.69) is 41.1 Å². The van der Waals surface area contributed by atoms with Gasteiger partial charge in [0, 0.05) is 43.6 Å². The van der Waals surface area contributed by atoms with Crippen molar-refractivity contribution in [3.05, 3.63) is 34.9 Å². The van der Waals surface area contributed by atoms with Gasteiger partial charge in [0.25, 0.3) is 5.91 Å². The van der Waals surface area contributed by atoms with Gasteiger partial charge in [0.2, 0.25) is 0 Å². The van der Waals surface area contributed by atoms with Gasteiger partial charge in [0.05, 0.1) is 5.03 Å². The van der Waals surface area contributed by atoms with E-state index in [0.717, 1.165) is 31.9 Å². The van der Waals surface area contributed by atoms with E-state index in [0.29, 0.717) is 11.1 Å². The molecule has 1 heterocycles. The molecule has 0 aliphatic carbocycles. The highest BCUT2D eigenvalue weighted by Gasteiger charge is 2.19. The third kappa shape index (κ3) is 6.49. The first-order chi connectivity index (χ1) is 13.0. The fourth-order valence-electron chi connectivity index (χ4n) is 2.82. The van der Waals surface area contributed by atoms with Crippen LogP contribution in [0.15, 0.2) is 34.9 Å². The summed E-state index contributed by atoms with van der Waals surface area (Å²) in [6, 6.07) is 10.5. The summed E-state index contributed by atoms with van der Waals surface area (Å²) in [4.78, 5) is 16.2. The summed E-state index contributed by atoms with van der Waals surface area (Å²) in [5.41, 5.74) is 7.20. The Balaban J connectivity index is 0.00000176. The highest BCUT2D eigenvalue weighted by atomic mass is 32.2. The van der Waals surface area contributed by atoms with E-state index < -0.39 is 5.91 Å². The van der Waals surface area contributed by atoms with Gasteiger partial charge in [-0.15, -0.1) is 11.8 Å². The summed E-state index contributed by atoms with van der Waals surface area (Å²) in [5.74, 6) is -0.723. The van der Waals surface area contributed by atoms with Crippen LogP contribution in [0.4, 0.5) is 11.4 Å². The molecule has 1 fully saturated rings. The van der Waals surface area contributed by atoms with E-state index in [1.165, 1.54) is 17.4 Å². The molecule has 1 amide bonds. The lowest BCUT2D eigenvalue weighted by Crippen LogP contribution is -2.48. The fraction of sp³-hybridized carbons (Fsp3) is 0.500. The van der Waals surface area contributed by atoms with Crippen LogP contribution in [0.3, 0.4) is 0 Å². The second kappa shape index (κ2) is 11.5.